The molecule has 8 nitrogen and oxygen atoms in total. The Kier molecular flexibility index (Phi) is 4.38. The fourth-order valence-electron chi connectivity index (χ4n) is 3.57. The van der Waals surface area contributed by atoms with Crippen LogP contribution in [-0.2, 0) is 16.4 Å². The second kappa shape index (κ2) is 6.42. The topological polar surface area (TPSA) is 87.9 Å². The maximum absolute atomic E-state index is 11.9. The molecule has 0 radical (unpaired) electrons. The molecule has 2 aromatic heterocycles. The molecule has 0 aromatic carbocycles. The first-order chi connectivity index (χ1) is 11.9. The minimum absolute atomic E-state index is 0.141. The molecule has 2 aliphatic rings. The number of hydrogen-bond acceptors (Lipinski definition) is 8. The van der Waals surface area contributed by atoms with E-state index in [1.807, 2.05) is 6.92 Å². The van der Waals surface area contributed by atoms with Gasteiger partial charge in [-0.3, -0.25) is 14.6 Å². The lowest BCUT2D eigenvalue weighted by Gasteiger charge is -2.37. The monoisotopic (exact) mass is 383 g/mol. The summed E-state index contributed by atoms with van der Waals surface area (Å²) in [6.07, 6.45) is 0.758. The Balaban J connectivity index is 1.39. The normalized spacial score (nSPS) is 24.9. The summed E-state index contributed by atoms with van der Waals surface area (Å²) in [7, 11) is -2.83. The molecule has 25 heavy (non-hydrogen) atoms. The number of hydrogen-bond donors (Lipinski definition) is 0. The van der Waals surface area contributed by atoms with Crippen LogP contribution in [0.25, 0.3) is 4.96 Å². The van der Waals surface area contributed by atoms with Crippen molar-refractivity contribution in [1.29, 1.82) is 0 Å². The summed E-state index contributed by atoms with van der Waals surface area (Å²) in [5, 5.41) is 5.27. The third-order valence-electron chi connectivity index (χ3n) is 4.91. The van der Waals surface area contributed by atoms with Gasteiger partial charge in [-0.25, -0.2) is 13.4 Å². The average molecular weight is 383 g/mol. The van der Waals surface area contributed by atoms with Gasteiger partial charge in [-0.2, -0.15) is 9.61 Å². The first-order valence-electron chi connectivity index (χ1n) is 8.43. The highest BCUT2D eigenvalue weighted by atomic mass is 32.2. The van der Waals surface area contributed by atoms with Crippen LogP contribution in [0.4, 0.5) is 0 Å². The minimum Gasteiger partial charge on any atom is -0.297 e. The number of rotatable bonds is 3. The zero-order valence-electron chi connectivity index (χ0n) is 14.1. The Bertz CT molecular complexity index is 944. The van der Waals surface area contributed by atoms with Gasteiger partial charge in [0.15, 0.2) is 9.84 Å². The molecule has 0 bridgehead atoms. The van der Waals surface area contributed by atoms with Gasteiger partial charge in [-0.15, -0.1) is 0 Å². The van der Waals surface area contributed by atoms with Crippen LogP contribution in [-0.4, -0.2) is 76.5 Å². The molecule has 2 aromatic rings. The predicted molar refractivity (Wildman–Crippen MR) is 95.8 cm³/mol. The second-order valence-electron chi connectivity index (χ2n) is 6.79. The molecular weight excluding hydrogens is 362 g/mol. The van der Waals surface area contributed by atoms with Gasteiger partial charge >= 0.3 is 0 Å². The van der Waals surface area contributed by atoms with Crippen molar-refractivity contribution in [2.75, 3.05) is 37.7 Å². The summed E-state index contributed by atoms with van der Waals surface area (Å²) < 4.78 is 24.7. The maximum atomic E-state index is 11.9. The molecule has 10 heteroatoms. The molecular formula is C15H21N5O3S2. The van der Waals surface area contributed by atoms with Crippen molar-refractivity contribution in [1.82, 2.24) is 24.4 Å². The van der Waals surface area contributed by atoms with Crippen LogP contribution in [0.2, 0.25) is 0 Å². The van der Waals surface area contributed by atoms with Crippen LogP contribution < -0.4 is 5.56 Å². The zero-order valence-corrected chi connectivity index (χ0v) is 15.7. The summed E-state index contributed by atoms with van der Waals surface area (Å²) in [6, 6.07) is 1.67. The molecule has 0 aliphatic carbocycles. The third kappa shape index (κ3) is 3.62. The minimum atomic E-state index is -2.83. The molecule has 4 rings (SSSR count). The van der Waals surface area contributed by atoms with Crippen LogP contribution >= 0.6 is 11.3 Å². The van der Waals surface area contributed by atoms with Crippen molar-refractivity contribution >= 4 is 26.1 Å². The molecule has 2 fully saturated rings. The third-order valence-corrected chi connectivity index (χ3v) is 7.55. The van der Waals surface area contributed by atoms with Crippen LogP contribution in [0.3, 0.4) is 0 Å². The Hall–Kier alpha value is -1.36. The summed E-state index contributed by atoms with van der Waals surface area (Å²) >= 11 is 1.45. The fourth-order valence-corrected chi connectivity index (χ4v) is 6.31. The number of nitrogens with zero attached hydrogens (tertiary/aromatic N) is 5. The largest absolute Gasteiger partial charge is 0.297 e. The van der Waals surface area contributed by atoms with E-state index < -0.39 is 9.84 Å². The fraction of sp³-hybridized carbons (Fsp3) is 0.667. The van der Waals surface area contributed by atoms with E-state index in [0.29, 0.717) is 28.7 Å². The van der Waals surface area contributed by atoms with Crippen molar-refractivity contribution in [3.05, 3.63) is 27.1 Å². The first kappa shape index (κ1) is 17.1. The standard InChI is InChI=1S/C15H21N5O3S2/c1-11-8-14(21)20-15(16-11)24-13(17-20)9-18-3-5-19(6-4-18)12-2-7-25(22,23)10-12/h8,12H,2-7,9-10H2,1H3. The van der Waals surface area contributed by atoms with Crippen LogP contribution in [0.15, 0.2) is 10.9 Å². The quantitative estimate of drug-likeness (QED) is 0.723. The van der Waals surface area contributed by atoms with E-state index in [2.05, 4.69) is 19.9 Å². The lowest BCUT2D eigenvalue weighted by Crippen LogP contribution is -2.50. The number of aromatic nitrogens is 3. The van der Waals surface area contributed by atoms with Gasteiger partial charge in [0, 0.05) is 44.0 Å². The number of fused-ring (bicyclic) bond motifs is 1. The zero-order chi connectivity index (χ0) is 17.6. The van der Waals surface area contributed by atoms with Gasteiger partial charge in [0.05, 0.1) is 18.1 Å². The predicted octanol–water partition coefficient (Wildman–Crippen LogP) is -0.236. The molecule has 1 unspecified atom stereocenters. The van der Waals surface area contributed by atoms with Gasteiger partial charge < -0.3 is 0 Å². The van der Waals surface area contributed by atoms with E-state index in [-0.39, 0.29) is 11.6 Å². The molecule has 0 spiro atoms. The molecule has 0 amide bonds. The Labute approximate surface area is 150 Å². The Morgan fingerprint density at radius 3 is 2.72 bits per heavy atom. The van der Waals surface area contributed by atoms with Crippen LogP contribution in [0.1, 0.15) is 17.1 Å². The number of aryl methyl sites for hydroxylation is 1. The van der Waals surface area contributed by atoms with Gasteiger partial charge in [0.25, 0.3) is 5.56 Å². The molecule has 4 heterocycles. The van der Waals surface area contributed by atoms with Crippen molar-refractivity contribution in [3.8, 4) is 0 Å². The van der Waals surface area contributed by atoms with Gasteiger partial charge in [-0.1, -0.05) is 11.3 Å². The number of piperazine rings is 1. The van der Waals surface area contributed by atoms with Gasteiger partial charge in [0.1, 0.15) is 5.01 Å². The molecule has 2 aliphatic heterocycles. The van der Waals surface area contributed by atoms with E-state index >= 15 is 0 Å². The molecule has 1 atom stereocenters. The van der Waals surface area contributed by atoms with Gasteiger partial charge in [0.2, 0.25) is 4.96 Å². The lowest BCUT2D eigenvalue weighted by atomic mass is 10.2. The summed E-state index contributed by atoms with van der Waals surface area (Å²) in [5.41, 5.74) is 0.567. The van der Waals surface area contributed by atoms with Crippen molar-refractivity contribution in [3.63, 3.8) is 0 Å². The SMILES string of the molecule is Cc1cc(=O)n2nc(CN3CCN(C4CCS(=O)(=O)C4)CC3)sc2n1. The van der Waals surface area contributed by atoms with E-state index in [9.17, 15) is 13.2 Å². The second-order valence-corrected chi connectivity index (χ2v) is 10.1. The van der Waals surface area contributed by atoms with Crippen LogP contribution in [0.5, 0.6) is 0 Å². The average Bonchev–Trinajstić information content (AvgIpc) is 3.11. The van der Waals surface area contributed by atoms with Crippen molar-refractivity contribution in [2.45, 2.75) is 25.9 Å². The highest BCUT2D eigenvalue weighted by molar-refractivity contribution is 7.91. The summed E-state index contributed by atoms with van der Waals surface area (Å²) in [4.78, 5) is 21.5. The summed E-state index contributed by atoms with van der Waals surface area (Å²) in [5.74, 6) is 0.629. The smallest absolute Gasteiger partial charge is 0.275 e. The first-order valence-corrected chi connectivity index (χ1v) is 11.1. The highest BCUT2D eigenvalue weighted by Gasteiger charge is 2.33. The molecule has 0 N–H and O–H groups in total. The maximum Gasteiger partial charge on any atom is 0.275 e. The Morgan fingerprint density at radius 2 is 2.04 bits per heavy atom. The van der Waals surface area contributed by atoms with E-state index in [1.165, 1.54) is 21.9 Å². The lowest BCUT2D eigenvalue weighted by molar-refractivity contribution is 0.0998. The van der Waals surface area contributed by atoms with E-state index in [1.54, 1.807) is 0 Å². The molecule has 0 saturated carbocycles. The van der Waals surface area contributed by atoms with E-state index in [0.717, 1.165) is 37.6 Å². The molecule has 2 saturated heterocycles. The Morgan fingerprint density at radius 1 is 1.28 bits per heavy atom. The van der Waals surface area contributed by atoms with Crippen molar-refractivity contribution in [2.24, 2.45) is 0 Å². The summed E-state index contributed by atoms with van der Waals surface area (Å²) in [6.45, 7) is 6.03. The highest BCUT2D eigenvalue weighted by Crippen LogP contribution is 2.20. The van der Waals surface area contributed by atoms with Gasteiger partial charge in [-0.05, 0) is 13.3 Å². The van der Waals surface area contributed by atoms with E-state index in [4.69, 9.17) is 0 Å². The van der Waals surface area contributed by atoms with Crippen LogP contribution in [0, 0.1) is 6.92 Å². The van der Waals surface area contributed by atoms with Crippen molar-refractivity contribution < 1.29 is 8.42 Å². The number of sulfone groups is 1. The molecule has 136 valence electrons.